The van der Waals surface area contributed by atoms with Gasteiger partial charge in [0.15, 0.2) is 5.76 Å². The van der Waals surface area contributed by atoms with Gasteiger partial charge in [0, 0.05) is 16.8 Å². The van der Waals surface area contributed by atoms with Crippen molar-refractivity contribution in [2.24, 2.45) is 0 Å². The molecule has 0 bridgehead atoms. The zero-order chi connectivity index (χ0) is 19.0. The third kappa shape index (κ3) is 2.96. The van der Waals surface area contributed by atoms with Gasteiger partial charge in [-0.2, -0.15) is 0 Å². The van der Waals surface area contributed by atoms with Gasteiger partial charge < -0.3 is 10.1 Å². The lowest BCUT2D eigenvalue weighted by Gasteiger charge is -2.19. The van der Waals surface area contributed by atoms with Crippen LogP contribution in [0.15, 0.2) is 71.1 Å². The van der Waals surface area contributed by atoms with E-state index in [1.54, 1.807) is 6.92 Å². The highest BCUT2D eigenvalue weighted by Gasteiger charge is 2.29. The Hall–Kier alpha value is -3.18. The zero-order valence-corrected chi connectivity index (χ0v) is 15.2. The van der Waals surface area contributed by atoms with E-state index >= 15 is 0 Å². The summed E-state index contributed by atoms with van der Waals surface area (Å²) in [6.45, 7) is 2.01. The van der Waals surface area contributed by atoms with E-state index in [9.17, 15) is 9.59 Å². The summed E-state index contributed by atoms with van der Waals surface area (Å²) < 4.78 is 5.21. The monoisotopic (exact) mass is 378 g/mol. The Bertz CT molecular complexity index is 1110. The van der Waals surface area contributed by atoms with E-state index < -0.39 is 11.6 Å². The van der Waals surface area contributed by atoms with E-state index in [1.165, 1.54) is 6.08 Å². The predicted molar refractivity (Wildman–Crippen MR) is 105 cm³/mol. The Morgan fingerprint density at radius 2 is 1.59 bits per heavy atom. The number of anilines is 1. The number of hydrogen-bond acceptors (Lipinski definition) is 5. The van der Waals surface area contributed by atoms with Crippen LogP contribution in [-0.2, 0) is 14.3 Å². The van der Waals surface area contributed by atoms with Gasteiger partial charge in [0.1, 0.15) is 10.7 Å². The molecule has 27 heavy (non-hydrogen) atoms. The summed E-state index contributed by atoms with van der Waals surface area (Å²) in [5.41, 5.74) is 2.26. The maximum atomic E-state index is 12.6. The Morgan fingerprint density at radius 3 is 2.19 bits per heavy atom. The van der Waals surface area contributed by atoms with Crippen LogP contribution in [0.4, 0.5) is 5.69 Å². The number of benzene rings is 2. The van der Waals surface area contributed by atoms with E-state index in [0.29, 0.717) is 5.69 Å². The number of ketones is 2. The van der Waals surface area contributed by atoms with Crippen LogP contribution in [0.2, 0.25) is 0 Å². The molecule has 5 nitrogen and oxygen atoms in total. The summed E-state index contributed by atoms with van der Waals surface area (Å²) in [5.74, 6) is -0.959. The van der Waals surface area contributed by atoms with Crippen LogP contribution in [0.3, 0.4) is 0 Å². The molecule has 1 aliphatic rings. The number of nitrogens with one attached hydrogen (secondary N) is 1. The molecule has 0 amide bonds. The molecule has 0 radical (unpaired) electrons. The van der Waals surface area contributed by atoms with Crippen molar-refractivity contribution in [3.05, 3.63) is 71.1 Å². The molecule has 4 rings (SSSR count). The average Bonchev–Trinajstić information content (AvgIpc) is 2.68. The van der Waals surface area contributed by atoms with Crippen LogP contribution in [-0.4, -0.2) is 23.2 Å². The summed E-state index contributed by atoms with van der Waals surface area (Å²) in [5, 5.41) is 4.57. The van der Waals surface area contributed by atoms with Gasteiger partial charge in [0.25, 0.3) is 0 Å². The van der Waals surface area contributed by atoms with Gasteiger partial charge in [-0.3, -0.25) is 9.59 Å². The van der Waals surface area contributed by atoms with Gasteiger partial charge in [-0.15, -0.1) is 0 Å². The second-order valence-corrected chi connectivity index (χ2v) is 6.35. The lowest BCUT2D eigenvalue weighted by atomic mass is 10.0. The number of ether oxygens (including phenoxy) is 1. The molecule has 0 atom stereocenters. The number of hydrogen-bond donors (Lipinski definition) is 1. The summed E-state index contributed by atoms with van der Waals surface area (Å²) >= 11 is 6.22. The Labute approximate surface area is 160 Å². The Balaban J connectivity index is 1.88. The number of nitrogens with zero attached hydrogens (tertiary/aromatic N) is 1. The zero-order valence-electron chi connectivity index (χ0n) is 14.5. The van der Waals surface area contributed by atoms with E-state index in [-0.39, 0.29) is 23.1 Å². The van der Waals surface area contributed by atoms with E-state index in [2.05, 4.69) is 10.3 Å². The number of Topliss-reactive ketones (excluding diaryl/α,β-unsaturated/α-hetero) is 1. The number of para-hydroxylation sites is 2. The molecular formula is C21H15ClN2O3. The van der Waals surface area contributed by atoms with Crippen molar-refractivity contribution in [3.8, 4) is 0 Å². The molecule has 0 saturated heterocycles. The summed E-state index contributed by atoms with van der Waals surface area (Å²) in [4.78, 5) is 29.6. The molecule has 134 valence electrons. The van der Waals surface area contributed by atoms with Crippen molar-refractivity contribution in [3.63, 3.8) is 0 Å². The highest BCUT2D eigenvalue weighted by Crippen LogP contribution is 2.33. The Kier molecular flexibility index (Phi) is 4.38. The summed E-state index contributed by atoms with van der Waals surface area (Å²) in [6, 6.07) is 15.2. The third-order valence-electron chi connectivity index (χ3n) is 4.29. The lowest BCUT2D eigenvalue weighted by Crippen LogP contribution is -2.23. The standard InChI is InChI=1S/C21H15ClN2O3/c1-2-27-17-11-16(25)20(18(22)21(17)26)24-19-12-7-3-5-9-14(12)23-15-10-6-4-8-13(15)19/h3-11H,2H2,1H3,(H,23,24). The number of fused-ring (bicyclic) bond motifs is 2. The highest BCUT2D eigenvalue weighted by molar-refractivity contribution is 6.49. The number of pyridine rings is 1. The molecule has 0 saturated carbocycles. The average molecular weight is 379 g/mol. The number of halogens is 1. The van der Waals surface area contributed by atoms with Crippen molar-refractivity contribution in [2.45, 2.75) is 6.92 Å². The first-order valence-corrected chi connectivity index (χ1v) is 8.85. The van der Waals surface area contributed by atoms with Crippen molar-refractivity contribution in [1.29, 1.82) is 0 Å². The fourth-order valence-electron chi connectivity index (χ4n) is 3.07. The topological polar surface area (TPSA) is 68.3 Å². The first-order valence-electron chi connectivity index (χ1n) is 8.48. The fraction of sp³-hybridized carbons (Fsp3) is 0.0952. The molecule has 1 N–H and O–H groups in total. The molecule has 1 heterocycles. The second-order valence-electron chi connectivity index (χ2n) is 5.97. The molecule has 6 heteroatoms. The number of carbonyl (C=O) groups is 2. The van der Waals surface area contributed by atoms with E-state index in [4.69, 9.17) is 16.3 Å². The molecule has 3 aromatic rings. The fourth-order valence-corrected chi connectivity index (χ4v) is 3.30. The SMILES string of the molecule is CCOC1=CC(=O)C(Nc2c3ccccc3nc3ccccc23)=C(Cl)C1=O. The van der Waals surface area contributed by atoms with Crippen molar-refractivity contribution in [1.82, 2.24) is 4.98 Å². The minimum absolute atomic E-state index is 0.0339. The molecule has 0 unspecified atom stereocenters. The van der Waals surface area contributed by atoms with Gasteiger partial charge in [-0.1, -0.05) is 48.0 Å². The predicted octanol–water partition coefficient (Wildman–Crippen LogP) is 4.32. The molecule has 1 aromatic heterocycles. The maximum Gasteiger partial charge on any atom is 0.241 e. The van der Waals surface area contributed by atoms with Gasteiger partial charge in [0.2, 0.25) is 11.6 Å². The molecule has 0 fully saturated rings. The quantitative estimate of drug-likeness (QED) is 0.540. The first kappa shape index (κ1) is 17.2. The second kappa shape index (κ2) is 6.85. The smallest absolute Gasteiger partial charge is 0.241 e. The van der Waals surface area contributed by atoms with Gasteiger partial charge >= 0.3 is 0 Å². The normalized spacial score (nSPS) is 14.7. The lowest BCUT2D eigenvalue weighted by molar-refractivity contribution is -0.117. The van der Waals surface area contributed by atoms with Crippen molar-refractivity contribution >= 4 is 50.7 Å². The van der Waals surface area contributed by atoms with Gasteiger partial charge in [-0.05, 0) is 19.1 Å². The van der Waals surface area contributed by atoms with Crippen LogP contribution < -0.4 is 5.32 Å². The minimum atomic E-state index is -0.511. The van der Waals surface area contributed by atoms with Gasteiger partial charge in [0.05, 0.1) is 23.3 Å². The summed E-state index contributed by atoms with van der Waals surface area (Å²) in [7, 11) is 0. The van der Waals surface area contributed by atoms with Crippen LogP contribution in [0, 0.1) is 0 Å². The first-order chi connectivity index (χ1) is 13.1. The number of aromatic nitrogens is 1. The molecule has 0 aliphatic heterocycles. The van der Waals surface area contributed by atoms with Gasteiger partial charge in [-0.25, -0.2) is 4.98 Å². The van der Waals surface area contributed by atoms with Crippen LogP contribution in [0.5, 0.6) is 0 Å². The molecule has 0 spiro atoms. The van der Waals surface area contributed by atoms with E-state index in [1.807, 2.05) is 48.5 Å². The maximum absolute atomic E-state index is 12.6. The molecular weight excluding hydrogens is 364 g/mol. The number of rotatable bonds is 4. The van der Waals surface area contributed by atoms with Crippen LogP contribution in [0.1, 0.15) is 6.92 Å². The molecule has 2 aromatic carbocycles. The minimum Gasteiger partial charge on any atom is -0.490 e. The van der Waals surface area contributed by atoms with Crippen molar-refractivity contribution < 1.29 is 14.3 Å². The Morgan fingerprint density at radius 1 is 1.00 bits per heavy atom. The van der Waals surface area contributed by atoms with Crippen LogP contribution >= 0.6 is 11.6 Å². The largest absolute Gasteiger partial charge is 0.490 e. The van der Waals surface area contributed by atoms with E-state index in [0.717, 1.165) is 21.8 Å². The number of carbonyl (C=O) groups excluding carboxylic acids is 2. The van der Waals surface area contributed by atoms with Crippen LogP contribution in [0.25, 0.3) is 21.8 Å². The summed E-state index contributed by atoms with van der Waals surface area (Å²) in [6.07, 6.45) is 1.17. The highest BCUT2D eigenvalue weighted by atomic mass is 35.5. The molecule has 1 aliphatic carbocycles. The van der Waals surface area contributed by atoms with Crippen molar-refractivity contribution in [2.75, 3.05) is 11.9 Å². The third-order valence-corrected chi connectivity index (χ3v) is 4.65. The number of allylic oxidation sites excluding steroid dienone is 2.